The molecule has 1 aromatic heterocycles. The highest BCUT2D eigenvalue weighted by atomic mass is 32.2. The Balaban J connectivity index is 1.86. The Morgan fingerprint density at radius 3 is 2.78 bits per heavy atom. The van der Waals surface area contributed by atoms with E-state index >= 15 is 0 Å². The largest absolute Gasteiger partial charge is 0.497 e. The van der Waals surface area contributed by atoms with Gasteiger partial charge in [-0.3, -0.25) is 0 Å². The quantitative estimate of drug-likeness (QED) is 0.831. The maximum Gasteiger partial charge on any atom is 0.268 e. The van der Waals surface area contributed by atoms with Crippen LogP contribution in [0.1, 0.15) is 43.7 Å². The van der Waals surface area contributed by atoms with Gasteiger partial charge in [0.15, 0.2) is 0 Å². The molecule has 2 aromatic rings. The molecular formula is C15H20N4O3S. The normalized spacial score (nSPS) is 16.4. The van der Waals surface area contributed by atoms with Gasteiger partial charge in [-0.15, -0.1) is 0 Å². The molecule has 3 rings (SSSR count). The first kappa shape index (κ1) is 15.9. The average molecular weight is 336 g/mol. The number of ether oxygens (including phenoxy) is 1. The van der Waals surface area contributed by atoms with E-state index < -0.39 is 9.84 Å². The average Bonchev–Trinajstić information content (AvgIpc) is 3.06. The Hall–Kier alpha value is -1.96. The Morgan fingerprint density at radius 2 is 2.04 bits per heavy atom. The van der Waals surface area contributed by atoms with Crippen LogP contribution >= 0.6 is 0 Å². The van der Waals surface area contributed by atoms with E-state index in [-0.39, 0.29) is 17.0 Å². The fraction of sp³-hybridized carbons (Fsp3) is 0.533. The SMILES string of the molecule is COc1cccc(CS(=O)(=O)c2nnnn2C2CCCCC2)c1. The molecular weight excluding hydrogens is 316 g/mol. The molecule has 0 atom stereocenters. The lowest BCUT2D eigenvalue weighted by molar-refractivity contribution is 0.305. The molecule has 0 unspecified atom stereocenters. The number of sulfone groups is 1. The van der Waals surface area contributed by atoms with E-state index in [9.17, 15) is 8.42 Å². The summed E-state index contributed by atoms with van der Waals surface area (Å²) in [6.45, 7) is 0. The molecule has 0 aliphatic heterocycles. The molecule has 0 spiro atoms. The van der Waals surface area contributed by atoms with Crippen molar-refractivity contribution in [3.63, 3.8) is 0 Å². The molecule has 1 heterocycles. The smallest absolute Gasteiger partial charge is 0.268 e. The highest BCUT2D eigenvalue weighted by molar-refractivity contribution is 7.90. The van der Waals surface area contributed by atoms with Crippen molar-refractivity contribution in [2.24, 2.45) is 0 Å². The van der Waals surface area contributed by atoms with Crippen molar-refractivity contribution in [1.29, 1.82) is 0 Å². The molecule has 8 heteroatoms. The highest BCUT2D eigenvalue weighted by Crippen LogP contribution is 2.29. The number of aromatic nitrogens is 4. The van der Waals surface area contributed by atoms with Crippen LogP contribution in [0.2, 0.25) is 0 Å². The second kappa shape index (κ2) is 6.66. The van der Waals surface area contributed by atoms with Crippen molar-refractivity contribution in [2.75, 3.05) is 7.11 Å². The van der Waals surface area contributed by atoms with Gasteiger partial charge in [0.2, 0.25) is 9.84 Å². The van der Waals surface area contributed by atoms with Gasteiger partial charge in [0.05, 0.1) is 18.9 Å². The fourth-order valence-corrected chi connectivity index (χ4v) is 4.37. The predicted octanol–water partition coefficient (Wildman–Crippen LogP) is 2.16. The Kier molecular flexibility index (Phi) is 4.61. The van der Waals surface area contributed by atoms with E-state index in [1.807, 2.05) is 0 Å². The van der Waals surface area contributed by atoms with Crippen LogP contribution in [0.4, 0.5) is 0 Å². The van der Waals surface area contributed by atoms with Crippen LogP contribution in [-0.4, -0.2) is 35.7 Å². The zero-order valence-corrected chi connectivity index (χ0v) is 13.9. The van der Waals surface area contributed by atoms with E-state index in [1.54, 1.807) is 31.4 Å². The minimum absolute atomic E-state index is 0.0350. The van der Waals surface area contributed by atoms with Crippen LogP contribution in [0.5, 0.6) is 5.75 Å². The van der Waals surface area contributed by atoms with Crippen molar-refractivity contribution in [1.82, 2.24) is 20.2 Å². The van der Waals surface area contributed by atoms with E-state index in [0.717, 1.165) is 25.7 Å². The van der Waals surface area contributed by atoms with Gasteiger partial charge in [-0.2, -0.15) is 0 Å². The van der Waals surface area contributed by atoms with E-state index in [4.69, 9.17) is 4.74 Å². The lowest BCUT2D eigenvalue weighted by Crippen LogP contribution is -2.20. The minimum atomic E-state index is -3.60. The summed E-state index contributed by atoms with van der Waals surface area (Å²) in [6.07, 6.45) is 5.20. The van der Waals surface area contributed by atoms with Crippen molar-refractivity contribution in [3.8, 4) is 5.75 Å². The molecule has 7 nitrogen and oxygen atoms in total. The standard InChI is InChI=1S/C15H20N4O3S/c1-22-14-9-5-6-12(10-14)11-23(20,21)15-16-17-18-19(15)13-7-3-2-4-8-13/h5-6,9-10,13H,2-4,7-8,11H2,1H3. The molecule has 23 heavy (non-hydrogen) atoms. The van der Waals surface area contributed by atoms with E-state index in [1.165, 1.54) is 11.1 Å². The molecule has 0 saturated heterocycles. The minimum Gasteiger partial charge on any atom is -0.497 e. The van der Waals surface area contributed by atoms with Crippen LogP contribution in [0.25, 0.3) is 0 Å². The molecule has 0 bridgehead atoms. The lowest BCUT2D eigenvalue weighted by Gasteiger charge is -2.22. The van der Waals surface area contributed by atoms with Gasteiger partial charge in [-0.1, -0.05) is 36.5 Å². The van der Waals surface area contributed by atoms with Crippen LogP contribution in [-0.2, 0) is 15.6 Å². The molecule has 124 valence electrons. The van der Waals surface area contributed by atoms with Crippen LogP contribution in [0.15, 0.2) is 29.4 Å². The summed E-state index contributed by atoms with van der Waals surface area (Å²) in [5, 5.41) is 11.3. The number of hydrogen-bond donors (Lipinski definition) is 0. The summed E-state index contributed by atoms with van der Waals surface area (Å²) in [5.74, 6) is 0.488. The van der Waals surface area contributed by atoms with Crippen LogP contribution in [0.3, 0.4) is 0 Å². The molecule has 0 amide bonds. The third-order valence-corrected chi connectivity index (χ3v) is 5.69. The molecule has 0 N–H and O–H groups in total. The first-order chi connectivity index (χ1) is 11.1. The summed E-state index contributed by atoms with van der Waals surface area (Å²) in [6, 6.07) is 7.10. The Bertz CT molecular complexity index is 767. The number of hydrogen-bond acceptors (Lipinski definition) is 6. The number of rotatable bonds is 5. The number of nitrogens with zero attached hydrogens (tertiary/aromatic N) is 4. The summed E-state index contributed by atoms with van der Waals surface area (Å²) >= 11 is 0. The molecule has 1 saturated carbocycles. The van der Waals surface area contributed by atoms with E-state index in [2.05, 4.69) is 15.5 Å². The first-order valence-electron chi connectivity index (χ1n) is 7.74. The first-order valence-corrected chi connectivity index (χ1v) is 9.39. The Labute approximate surface area is 135 Å². The third kappa shape index (κ3) is 3.52. The van der Waals surface area contributed by atoms with Crippen molar-refractivity contribution >= 4 is 9.84 Å². The maximum atomic E-state index is 12.7. The van der Waals surface area contributed by atoms with Gasteiger partial charge in [0.1, 0.15) is 5.75 Å². The third-order valence-electron chi connectivity index (χ3n) is 4.15. The van der Waals surface area contributed by atoms with Crippen molar-refractivity contribution in [2.45, 2.75) is 49.1 Å². The molecule has 1 fully saturated rings. The zero-order valence-electron chi connectivity index (χ0n) is 13.1. The van der Waals surface area contributed by atoms with Crippen molar-refractivity contribution in [3.05, 3.63) is 29.8 Å². The van der Waals surface area contributed by atoms with Gasteiger partial charge >= 0.3 is 0 Å². The summed E-state index contributed by atoms with van der Waals surface area (Å²) in [7, 11) is -2.05. The summed E-state index contributed by atoms with van der Waals surface area (Å²) in [5.41, 5.74) is 0.655. The van der Waals surface area contributed by atoms with Gasteiger partial charge in [-0.05, 0) is 41.0 Å². The fourth-order valence-electron chi connectivity index (χ4n) is 2.99. The maximum absolute atomic E-state index is 12.7. The van der Waals surface area contributed by atoms with Crippen LogP contribution in [0, 0.1) is 0 Å². The van der Waals surface area contributed by atoms with Crippen LogP contribution < -0.4 is 4.74 Å². The topological polar surface area (TPSA) is 87.0 Å². The molecule has 1 aliphatic carbocycles. The van der Waals surface area contributed by atoms with Gasteiger partial charge in [0, 0.05) is 0 Å². The highest BCUT2D eigenvalue weighted by Gasteiger charge is 2.28. The zero-order chi connectivity index (χ0) is 16.3. The second-order valence-electron chi connectivity index (χ2n) is 5.81. The van der Waals surface area contributed by atoms with Gasteiger partial charge < -0.3 is 4.74 Å². The summed E-state index contributed by atoms with van der Waals surface area (Å²) in [4.78, 5) is 0. The number of methoxy groups -OCH3 is 1. The Morgan fingerprint density at radius 1 is 1.26 bits per heavy atom. The summed E-state index contributed by atoms with van der Waals surface area (Å²) < 4.78 is 32.1. The second-order valence-corrected chi connectivity index (χ2v) is 7.69. The number of benzene rings is 1. The van der Waals surface area contributed by atoms with Crippen molar-refractivity contribution < 1.29 is 13.2 Å². The molecule has 1 aliphatic rings. The lowest BCUT2D eigenvalue weighted by atomic mass is 9.96. The van der Waals surface area contributed by atoms with Gasteiger partial charge in [0.25, 0.3) is 5.16 Å². The van der Waals surface area contributed by atoms with E-state index in [0.29, 0.717) is 11.3 Å². The predicted molar refractivity (Wildman–Crippen MR) is 83.8 cm³/mol. The number of tetrazole rings is 1. The molecule has 0 radical (unpaired) electrons. The molecule has 1 aromatic carbocycles. The van der Waals surface area contributed by atoms with Gasteiger partial charge in [-0.25, -0.2) is 13.1 Å². The monoisotopic (exact) mass is 336 g/mol.